The van der Waals surface area contributed by atoms with Crippen molar-refractivity contribution in [1.82, 2.24) is 10.3 Å². The van der Waals surface area contributed by atoms with E-state index in [0.29, 0.717) is 5.92 Å². The van der Waals surface area contributed by atoms with Gasteiger partial charge in [0, 0.05) is 42.0 Å². The van der Waals surface area contributed by atoms with Gasteiger partial charge in [-0.15, -0.1) is 11.8 Å². The summed E-state index contributed by atoms with van der Waals surface area (Å²) in [6.45, 7) is 1.67. The van der Waals surface area contributed by atoms with Crippen LogP contribution in [0.5, 0.6) is 0 Å². The van der Waals surface area contributed by atoms with Crippen LogP contribution in [0.15, 0.2) is 29.4 Å². The Morgan fingerprint density at radius 3 is 2.86 bits per heavy atom. The van der Waals surface area contributed by atoms with Crippen molar-refractivity contribution in [2.45, 2.75) is 11.0 Å². The summed E-state index contributed by atoms with van der Waals surface area (Å²) in [5, 5.41) is 12.8. The second-order valence-corrected chi connectivity index (χ2v) is 4.57. The third-order valence-corrected chi connectivity index (χ3v) is 3.62. The lowest BCUT2D eigenvalue weighted by Gasteiger charge is -2.11. The predicted molar refractivity (Wildman–Crippen MR) is 57.3 cm³/mol. The number of nitrogens with one attached hydrogen (secondary N) is 1. The Morgan fingerprint density at radius 1 is 1.43 bits per heavy atom. The van der Waals surface area contributed by atoms with Crippen molar-refractivity contribution in [2.75, 3.05) is 18.8 Å². The number of aromatic nitrogens is 1. The van der Waals surface area contributed by atoms with Gasteiger partial charge in [-0.1, -0.05) is 0 Å². The van der Waals surface area contributed by atoms with Crippen LogP contribution in [0, 0.1) is 5.92 Å². The molecular formula is C10H14N2OS. The molecular weight excluding hydrogens is 196 g/mol. The molecule has 1 fully saturated rings. The van der Waals surface area contributed by atoms with Crippen LogP contribution in [-0.2, 0) is 0 Å². The van der Waals surface area contributed by atoms with Gasteiger partial charge < -0.3 is 10.4 Å². The molecule has 0 saturated carbocycles. The molecule has 3 nitrogen and oxygen atoms in total. The second-order valence-electron chi connectivity index (χ2n) is 3.48. The zero-order valence-corrected chi connectivity index (χ0v) is 8.70. The van der Waals surface area contributed by atoms with E-state index in [1.54, 1.807) is 24.2 Å². The van der Waals surface area contributed by atoms with E-state index in [1.807, 2.05) is 12.1 Å². The van der Waals surface area contributed by atoms with Gasteiger partial charge in [-0.25, -0.2) is 0 Å². The van der Waals surface area contributed by atoms with Crippen molar-refractivity contribution in [3.63, 3.8) is 0 Å². The molecule has 2 N–H and O–H groups in total. The van der Waals surface area contributed by atoms with E-state index >= 15 is 0 Å². The molecule has 0 unspecified atom stereocenters. The highest BCUT2D eigenvalue weighted by atomic mass is 32.2. The summed E-state index contributed by atoms with van der Waals surface area (Å²) in [5.41, 5.74) is 0. The predicted octanol–water partition coefficient (Wildman–Crippen LogP) is 0.754. The lowest BCUT2D eigenvalue weighted by atomic mass is 10.1. The number of aliphatic hydroxyl groups excluding tert-OH is 1. The minimum absolute atomic E-state index is 0.177. The fraction of sp³-hybridized carbons (Fsp3) is 0.500. The lowest BCUT2D eigenvalue weighted by Crippen LogP contribution is -2.19. The second kappa shape index (κ2) is 4.77. The highest BCUT2D eigenvalue weighted by Gasteiger charge is 2.24. The van der Waals surface area contributed by atoms with Gasteiger partial charge in [-0.3, -0.25) is 4.98 Å². The summed E-state index contributed by atoms with van der Waals surface area (Å²) >= 11 is 1.78. The number of thioether (sulfide) groups is 1. The first-order valence-corrected chi connectivity index (χ1v) is 5.76. The highest BCUT2D eigenvalue weighted by Crippen LogP contribution is 2.22. The monoisotopic (exact) mass is 210 g/mol. The number of rotatable bonds is 3. The summed E-state index contributed by atoms with van der Waals surface area (Å²) in [6, 6.07) is 4.00. The van der Waals surface area contributed by atoms with E-state index in [4.69, 9.17) is 0 Å². The van der Waals surface area contributed by atoms with E-state index in [2.05, 4.69) is 10.3 Å². The minimum Gasteiger partial charge on any atom is -0.391 e. The Bertz CT molecular complexity index is 281. The van der Waals surface area contributed by atoms with Crippen LogP contribution in [0.25, 0.3) is 0 Å². The zero-order chi connectivity index (χ0) is 9.80. The fourth-order valence-corrected chi connectivity index (χ4v) is 2.59. The maximum Gasteiger partial charge on any atom is 0.0712 e. The normalized spacial score (nSPS) is 26.6. The summed E-state index contributed by atoms with van der Waals surface area (Å²) in [7, 11) is 0. The molecule has 1 aromatic rings. The van der Waals surface area contributed by atoms with Crippen LogP contribution >= 0.6 is 11.8 Å². The summed E-state index contributed by atoms with van der Waals surface area (Å²) < 4.78 is 0. The standard InChI is InChI=1S/C10H14N2OS/c13-10-6-12-5-8(10)7-14-9-1-3-11-4-2-9/h1-4,8,10,12-13H,5-7H2/t8-,10+/m1/s1. The van der Waals surface area contributed by atoms with Crippen molar-refractivity contribution in [3.8, 4) is 0 Å². The molecule has 0 aromatic carbocycles. The van der Waals surface area contributed by atoms with Crippen molar-refractivity contribution in [1.29, 1.82) is 0 Å². The number of β-amino-alcohol motifs (C(OH)–C–C–N with tert-alkyl or cyclic N) is 1. The van der Waals surface area contributed by atoms with Gasteiger partial charge in [0.25, 0.3) is 0 Å². The highest BCUT2D eigenvalue weighted by molar-refractivity contribution is 7.99. The third kappa shape index (κ3) is 2.47. The Labute approximate surface area is 87.9 Å². The molecule has 1 saturated heterocycles. The Hall–Kier alpha value is -0.580. The number of aliphatic hydroxyl groups is 1. The summed E-state index contributed by atoms with van der Waals surface area (Å²) in [6.07, 6.45) is 3.42. The van der Waals surface area contributed by atoms with Crippen molar-refractivity contribution < 1.29 is 5.11 Å². The summed E-state index contributed by atoms with van der Waals surface area (Å²) in [5.74, 6) is 1.35. The maximum absolute atomic E-state index is 9.58. The van der Waals surface area contributed by atoms with Crippen LogP contribution < -0.4 is 5.32 Å². The fourth-order valence-electron chi connectivity index (χ4n) is 1.53. The van der Waals surface area contributed by atoms with Gasteiger partial charge in [0.1, 0.15) is 0 Å². The zero-order valence-electron chi connectivity index (χ0n) is 7.89. The third-order valence-electron chi connectivity index (χ3n) is 2.42. The van der Waals surface area contributed by atoms with Crippen LogP contribution in [0.3, 0.4) is 0 Å². The van der Waals surface area contributed by atoms with Gasteiger partial charge in [-0.05, 0) is 12.1 Å². The first kappa shape index (κ1) is 9.96. The molecule has 1 aliphatic rings. The van der Waals surface area contributed by atoms with Gasteiger partial charge >= 0.3 is 0 Å². The smallest absolute Gasteiger partial charge is 0.0712 e. The average molecular weight is 210 g/mol. The van der Waals surface area contributed by atoms with Gasteiger partial charge in [-0.2, -0.15) is 0 Å². The SMILES string of the molecule is O[C@H]1CNC[C@@H]1CSc1ccncc1. The molecule has 14 heavy (non-hydrogen) atoms. The molecule has 1 aromatic heterocycles. The van der Waals surface area contributed by atoms with Crippen molar-refractivity contribution in [3.05, 3.63) is 24.5 Å². The largest absolute Gasteiger partial charge is 0.391 e. The van der Waals surface area contributed by atoms with Crippen molar-refractivity contribution >= 4 is 11.8 Å². The minimum atomic E-state index is -0.177. The molecule has 0 bridgehead atoms. The van der Waals surface area contributed by atoms with Gasteiger partial charge in [0.05, 0.1) is 6.10 Å². The molecule has 0 radical (unpaired) electrons. The lowest BCUT2D eigenvalue weighted by molar-refractivity contribution is 0.158. The van der Waals surface area contributed by atoms with Crippen LogP contribution in [0.4, 0.5) is 0 Å². The number of nitrogens with zero attached hydrogens (tertiary/aromatic N) is 1. The molecule has 76 valence electrons. The van der Waals surface area contributed by atoms with E-state index in [-0.39, 0.29) is 6.10 Å². The molecule has 4 heteroatoms. The first-order valence-electron chi connectivity index (χ1n) is 4.78. The molecule has 2 rings (SSSR count). The van der Waals surface area contributed by atoms with E-state index < -0.39 is 0 Å². The van der Waals surface area contributed by atoms with Crippen LogP contribution in [0.1, 0.15) is 0 Å². The molecule has 2 heterocycles. The topological polar surface area (TPSA) is 45.1 Å². The van der Waals surface area contributed by atoms with E-state index in [9.17, 15) is 5.11 Å². The number of hydrogen-bond acceptors (Lipinski definition) is 4. The van der Waals surface area contributed by atoms with Gasteiger partial charge in [0.2, 0.25) is 0 Å². The Balaban J connectivity index is 1.82. The maximum atomic E-state index is 9.58. The Kier molecular flexibility index (Phi) is 3.39. The molecule has 1 aliphatic heterocycles. The number of pyridine rings is 1. The average Bonchev–Trinajstić information content (AvgIpc) is 2.63. The van der Waals surface area contributed by atoms with Gasteiger partial charge in [0.15, 0.2) is 0 Å². The van der Waals surface area contributed by atoms with E-state index in [0.717, 1.165) is 18.8 Å². The number of hydrogen-bond donors (Lipinski definition) is 2. The van der Waals surface area contributed by atoms with Crippen molar-refractivity contribution in [2.24, 2.45) is 5.92 Å². The molecule has 2 atom stereocenters. The molecule has 0 amide bonds. The van der Waals surface area contributed by atoms with E-state index in [1.165, 1.54) is 4.90 Å². The molecule has 0 aliphatic carbocycles. The summed E-state index contributed by atoms with van der Waals surface area (Å²) in [4.78, 5) is 5.19. The molecule has 0 spiro atoms. The van der Waals surface area contributed by atoms with Crippen LogP contribution in [-0.4, -0.2) is 35.0 Å². The quantitative estimate of drug-likeness (QED) is 0.723. The van der Waals surface area contributed by atoms with Crippen LogP contribution in [0.2, 0.25) is 0 Å². The first-order chi connectivity index (χ1) is 6.86. The Morgan fingerprint density at radius 2 is 2.21 bits per heavy atom.